The Balaban J connectivity index is 1.66. The van der Waals surface area contributed by atoms with Crippen molar-refractivity contribution in [3.05, 3.63) is 41.8 Å². The summed E-state index contributed by atoms with van der Waals surface area (Å²) in [7, 11) is 0. The molecule has 1 atom stereocenters. The Hall–Kier alpha value is -2.44. The molecule has 7 heteroatoms. The number of aryl methyl sites for hydroxylation is 2. The molecule has 1 saturated heterocycles. The number of piperidine rings is 1. The molecule has 2 aromatic heterocycles. The molecule has 0 aromatic carbocycles. The van der Waals surface area contributed by atoms with Crippen LogP contribution in [0.3, 0.4) is 0 Å². The van der Waals surface area contributed by atoms with E-state index in [4.69, 9.17) is 9.26 Å². The van der Waals surface area contributed by atoms with Gasteiger partial charge in [0.2, 0.25) is 5.89 Å². The van der Waals surface area contributed by atoms with Crippen LogP contribution in [0, 0.1) is 0 Å². The first kappa shape index (κ1) is 18.4. The van der Waals surface area contributed by atoms with Gasteiger partial charge in [0.1, 0.15) is 11.6 Å². The maximum atomic E-state index is 12.5. The predicted molar refractivity (Wildman–Crippen MR) is 95.5 cm³/mol. The van der Waals surface area contributed by atoms with E-state index in [0.717, 1.165) is 25.7 Å². The van der Waals surface area contributed by atoms with Crippen LogP contribution in [-0.2, 0) is 17.6 Å². The van der Waals surface area contributed by atoms with Crippen molar-refractivity contribution in [3.63, 3.8) is 0 Å². The highest BCUT2D eigenvalue weighted by molar-refractivity contribution is 5.68. The molecule has 140 valence electrons. The van der Waals surface area contributed by atoms with E-state index < -0.39 is 5.60 Å². The second-order valence-corrected chi connectivity index (χ2v) is 7.59. The second-order valence-electron chi connectivity index (χ2n) is 7.59. The normalized spacial score (nSPS) is 18.0. The van der Waals surface area contributed by atoms with Crippen molar-refractivity contribution >= 4 is 6.09 Å². The SMILES string of the molecule is CC(C)(C)OC(=O)N1CCCC[C@H]1c1nc(CCc2ccncc2)no1. The van der Waals surface area contributed by atoms with Gasteiger partial charge in [-0.25, -0.2) is 4.79 Å². The number of carbonyl (C=O) groups is 1. The standard InChI is InChI=1S/C19H26N4O3/c1-19(2,3)25-18(24)23-13-5-4-6-15(23)17-21-16(22-26-17)8-7-14-9-11-20-12-10-14/h9-12,15H,4-8,13H2,1-3H3/t15-/m0/s1. The second kappa shape index (κ2) is 7.85. The third kappa shape index (κ3) is 4.80. The number of nitrogens with zero attached hydrogens (tertiary/aromatic N) is 4. The van der Waals surface area contributed by atoms with Gasteiger partial charge in [-0.3, -0.25) is 9.88 Å². The van der Waals surface area contributed by atoms with Crippen LogP contribution in [0.1, 0.15) is 63.4 Å². The van der Waals surface area contributed by atoms with Crippen LogP contribution >= 0.6 is 0 Å². The van der Waals surface area contributed by atoms with Crippen molar-refractivity contribution in [1.29, 1.82) is 0 Å². The molecule has 1 fully saturated rings. The van der Waals surface area contributed by atoms with E-state index in [2.05, 4.69) is 15.1 Å². The fraction of sp³-hybridized carbons (Fsp3) is 0.579. The van der Waals surface area contributed by atoms with Gasteiger partial charge in [0.25, 0.3) is 0 Å². The zero-order valence-electron chi connectivity index (χ0n) is 15.6. The number of ether oxygens (including phenoxy) is 1. The van der Waals surface area contributed by atoms with E-state index in [-0.39, 0.29) is 12.1 Å². The average Bonchev–Trinajstić information content (AvgIpc) is 3.08. The maximum absolute atomic E-state index is 12.5. The van der Waals surface area contributed by atoms with Gasteiger partial charge < -0.3 is 9.26 Å². The van der Waals surface area contributed by atoms with Gasteiger partial charge in [-0.05, 0) is 64.2 Å². The Labute approximate surface area is 153 Å². The number of rotatable bonds is 4. The van der Waals surface area contributed by atoms with Crippen LogP contribution in [-0.4, -0.2) is 38.3 Å². The lowest BCUT2D eigenvalue weighted by Crippen LogP contribution is -2.42. The predicted octanol–water partition coefficient (Wildman–Crippen LogP) is 3.71. The molecule has 0 saturated carbocycles. The van der Waals surface area contributed by atoms with Crippen LogP contribution < -0.4 is 0 Å². The van der Waals surface area contributed by atoms with Gasteiger partial charge in [-0.2, -0.15) is 4.98 Å². The van der Waals surface area contributed by atoms with Gasteiger partial charge in [-0.15, -0.1) is 0 Å². The number of amides is 1. The van der Waals surface area contributed by atoms with Crippen LogP contribution in [0.4, 0.5) is 4.79 Å². The molecule has 3 heterocycles. The molecular weight excluding hydrogens is 332 g/mol. The van der Waals surface area contributed by atoms with E-state index >= 15 is 0 Å². The van der Waals surface area contributed by atoms with Crippen molar-refractivity contribution in [2.45, 2.75) is 64.5 Å². The summed E-state index contributed by atoms with van der Waals surface area (Å²) in [6.45, 7) is 6.25. The van der Waals surface area contributed by atoms with Crippen molar-refractivity contribution in [2.75, 3.05) is 6.54 Å². The minimum absolute atomic E-state index is 0.208. The highest BCUT2D eigenvalue weighted by Gasteiger charge is 2.34. The summed E-state index contributed by atoms with van der Waals surface area (Å²) in [5.74, 6) is 1.16. The fourth-order valence-corrected chi connectivity index (χ4v) is 3.04. The van der Waals surface area contributed by atoms with Gasteiger partial charge in [-0.1, -0.05) is 5.16 Å². The molecule has 1 amide bonds. The average molecular weight is 358 g/mol. The summed E-state index contributed by atoms with van der Waals surface area (Å²) in [4.78, 5) is 22.8. The van der Waals surface area contributed by atoms with Crippen LogP contribution in [0.25, 0.3) is 0 Å². The first-order valence-corrected chi connectivity index (χ1v) is 9.13. The summed E-state index contributed by atoms with van der Waals surface area (Å²) >= 11 is 0. The third-order valence-corrected chi connectivity index (χ3v) is 4.29. The Morgan fingerprint density at radius 1 is 1.27 bits per heavy atom. The van der Waals surface area contributed by atoms with Gasteiger partial charge in [0.15, 0.2) is 5.82 Å². The van der Waals surface area contributed by atoms with E-state index in [1.54, 1.807) is 17.3 Å². The molecule has 3 rings (SSSR count). The Bertz CT molecular complexity index is 724. The number of hydrogen-bond acceptors (Lipinski definition) is 6. The van der Waals surface area contributed by atoms with Gasteiger partial charge in [0, 0.05) is 25.4 Å². The lowest BCUT2D eigenvalue weighted by molar-refractivity contribution is 0.00538. The third-order valence-electron chi connectivity index (χ3n) is 4.29. The lowest BCUT2D eigenvalue weighted by Gasteiger charge is -2.34. The summed E-state index contributed by atoms with van der Waals surface area (Å²) < 4.78 is 11.0. The zero-order chi connectivity index (χ0) is 18.6. The Morgan fingerprint density at radius 3 is 2.77 bits per heavy atom. The van der Waals surface area contributed by atoms with Crippen molar-refractivity contribution in [3.8, 4) is 0 Å². The van der Waals surface area contributed by atoms with Crippen LogP contribution in [0.5, 0.6) is 0 Å². The van der Waals surface area contributed by atoms with Crippen LogP contribution in [0.2, 0.25) is 0 Å². The van der Waals surface area contributed by atoms with Gasteiger partial charge >= 0.3 is 6.09 Å². The Kier molecular flexibility index (Phi) is 5.54. The number of pyridine rings is 1. The molecule has 0 unspecified atom stereocenters. The molecule has 0 aliphatic carbocycles. The topological polar surface area (TPSA) is 81.4 Å². The lowest BCUT2D eigenvalue weighted by atomic mass is 10.0. The van der Waals surface area contributed by atoms with Crippen molar-refractivity contribution < 1.29 is 14.1 Å². The summed E-state index contributed by atoms with van der Waals surface area (Å²) in [6, 6.07) is 3.75. The summed E-state index contributed by atoms with van der Waals surface area (Å²) in [6.07, 6.45) is 7.53. The first-order valence-electron chi connectivity index (χ1n) is 9.13. The minimum atomic E-state index is -0.524. The summed E-state index contributed by atoms with van der Waals surface area (Å²) in [5.41, 5.74) is 0.656. The van der Waals surface area contributed by atoms with E-state index in [1.165, 1.54) is 5.56 Å². The number of carbonyl (C=O) groups excluding carboxylic acids is 1. The molecule has 2 aromatic rings. The molecule has 0 bridgehead atoms. The molecule has 0 spiro atoms. The van der Waals surface area contributed by atoms with E-state index in [1.807, 2.05) is 32.9 Å². The van der Waals surface area contributed by atoms with Gasteiger partial charge in [0.05, 0.1) is 0 Å². The van der Waals surface area contributed by atoms with Crippen molar-refractivity contribution in [2.24, 2.45) is 0 Å². The van der Waals surface area contributed by atoms with Crippen LogP contribution in [0.15, 0.2) is 29.0 Å². The summed E-state index contributed by atoms with van der Waals surface area (Å²) in [5, 5.41) is 4.09. The van der Waals surface area contributed by atoms with E-state index in [0.29, 0.717) is 24.7 Å². The fourth-order valence-electron chi connectivity index (χ4n) is 3.04. The smallest absolute Gasteiger partial charge is 0.410 e. The number of aromatic nitrogens is 3. The molecular formula is C19H26N4O3. The quantitative estimate of drug-likeness (QED) is 0.829. The molecule has 0 N–H and O–H groups in total. The molecule has 7 nitrogen and oxygen atoms in total. The highest BCUT2D eigenvalue weighted by Crippen LogP contribution is 2.31. The molecule has 26 heavy (non-hydrogen) atoms. The number of hydrogen-bond donors (Lipinski definition) is 0. The minimum Gasteiger partial charge on any atom is -0.444 e. The van der Waals surface area contributed by atoms with E-state index in [9.17, 15) is 4.79 Å². The monoisotopic (exact) mass is 358 g/mol. The Morgan fingerprint density at radius 2 is 2.04 bits per heavy atom. The first-order chi connectivity index (χ1) is 12.4. The maximum Gasteiger partial charge on any atom is 0.410 e. The molecule has 1 aliphatic heterocycles. The highest BCUT2D eigenvalue weighted by atomic mass is 16.6. The largest absolute Gasteiger partial charge is 0.444 e. The molecule has 0 radical (unpaired) electrons. The zero-order valence-corrected chi connectivity index (χ0v) is 15.6. The molecule has 1 aliphatic rings. The van der Waals surface area contributed by atoms with Crippen molar-refractivity contribution in [1.82, 2.24) is 20.0 Å². The number of likely N-dealkylation sites (tertiary alicyclic amines) is 1.